The van der Waals surface area contributed by atoms with Gasteiger partial charge in [0.2, 0.25) is 0 Å². The van der Waals surface area contributed by atoms with Crippen molar-refractivity contribution in [2.75, 3.05) is 6.61 Å². The lowest BCUT2D eigenvalue weighted by Crippen LogP contribution is -1.95. The van der Waals surface area contributed by atoms with E-state index < -0.39 is 0 Å². The monoisotopic (exact) mass is 284 g/mol. The Kier molecular flexibility index (Phi) is 11.4. The summed E-state index contributed by atoms with van der Waals surface area (Å²) < 4.78 is 5.76. The van der Waals surface area contributed by atoms with E-state index in [0.29, 0.717) is 18.8 Å². The van der Waals surface area contributed by atoms with Crippen molar-refractivity contribution in [3.8, 4) is 0 Å². The van der Waals surface area contributed by atoms with Gasteiger partial charge in [-0.25, -0.2) is 0 Å². The summed E-state index contributed by atoms with van der Waals surface area (Å²) in [5.74, 6) is 0. The van der Waals surface area contributed by atoms with Crippen LogP contribution in [0.15, 0.2) is 0 Å². The van der Waals surface area contributed by atoms with Gasteiger partial charge in [0.25, 0.3) is 0 Å². The summed E-state index contributed by atoms with van der Waals surface area (Å²) in [5, 5.41) is 8.69. The number of rotatable bonds is 15. The quantitative estimate of drug-likeness (QED) is 0.330. The van der Waals surface area contributed by atoms with E-state index in [2.05, 4.69) is 6.92 Å². The molecule has 1 heterocycles. The number of unbranched alkanes of at least 4 members (excludes halogenated alkanes) is 10. The van der Waals surface area contributed by atoms with Gasteiger partial charge in [-0.1, -0.05) is 77.6 Å². The second-order valence-corrected chi connectivity index (χ2v) is 6.40. The molecule has 0 radical (unpaired) electrons. The number of epoxide rings is 1. The van der Waals surface area contributed by atoms with E-state index in [1.54, 1.807) is 0 Å². The van der Waals surface area contributed by atoms with Gasteiger partial charge in [0, 0.05) is 6.61 Å². The zero-order chi connectivity index (χ0) is 14.5. The van der Waals surface area contributed by atoms with Crippen LogP contribution in [-0.4, -0.2) is 23.9 Å². The number of aliphatic hydroxyl groups is 1. The van der Waals surface area contributed by atoms with Crippen LogP contribution >= 0.6 is 0 Å². The molecule has 0 unspecified atom stereocenters. The van der Waals surface area contributed by atoms with Gasteiger partial charge in [-0.3, -0.25) is 0 Å². The maximum Gasteiger partial charge on any atom is 0.0841 e. The van der Waals surface area contributed by atoms with Gasteiger partial charge in [-0.15, -0.1) is 0 Å². The first-order valence-corrected chi connectivity index (χ1v) is 9.14. The fraction of sp³-hybridized carbons (Fsp3) is 1.00. The highest BCUT2D eigenvalue weighted by molar-refractivity contribution is 4.84. The molecule has 2 atom stereocenters. The Morgan fingerprint density at radius 3 is 1.60 bits per heavy atom. The molecular weight excluding hydrogens is 248 g/mol. The molecule has 1 N–H and O–H groups in total. The Bertz CT molecular complexity index is 206. The van der Waals surface area contributed by atoms with Crippen molar-refractivity contribution in [2.24, 2.45) is 0 Å². The maximum atomic E-state index is 8.69. The zero-order valence-electron chi connectivity index (χ0n) is 13.6. The van der Waals surface area contributed by atoms with E-state index in [4.69, 9.17) is 9.84 Å². The van der Waals surface area contributed by atoms with E-state index in [9.17, 15) is 0 Å². The number of hydrogen-bond donors (Lipinski definition) is 1. The summed E-state index contributed by atoms with van der Waals surface area (Å²) in [5.41, 5.74) is 0. The van der Waals surface area contributed by atoms with Crippen LogP contribution in [0, 0.1) is 0 Å². The topological polar surface area (TPSA) is 32.8 Å². The van der Waals surface area contributed by atoms with Gasteiger partial charge in [-0.2, -0.15) is 0 Å². The van der Waals surface area contributed by atoms with Crippen molar-refractivity contribution in [3.63, 3.8) is 0 Å². The molecule has 1 aliphatic rings. The van der Waals surface area contributed by atoms with Gasteiger partial charge < -0.3 is 9.84 Å². The molecular formula is C18H36O2. The molecule has 0 amide bonds. The highest BCUT2D eigenvalue weighted by Gasteiger charge is 2.36. The highest BCUT2D eigenvalue weighted by atomic mass is 16.6. The lowest BCUT2D eigenvalue weighted by atomic mass is 10.0. The van der Waals surface area contributed by atoms with E-state index in [-0.39, 0.29) is 0 Å². The molecule has 20 heavy (non-hydrogen) atoms. The number of hydrogen-bond acceptors (Lipinski definition) is 2. The smallest absolute Gasteiger partial charge is 0.0841 e. The molecule has 0 aliphatic carbocycles. The summed E-state index contributed by atoms with van der Waals surface area (Å²) >= 11 is 0. The van der Waals surface area contributed by atoms with Crippen molar-refractivity contribution >= 4 is 0 Å². The van der Waals surface area contributed by atoms with Crippen LogP contribution in [0.5, 0.6) is 0 Å². The first-order chi connectivity index (χ1) is 9.88. The molecule has 1 rings (SSSR count). The predicted molar refractivity (Wildman–Crippen MR) is 86.1 cm³/mol. The molecule has 0 aromatic heterocycles. The van der Waals surface area contributed by atoms with Crippen molar-refractivity contribution in [1.82, 2.24) is 0 Å². The van der Waals surface area contributed by atoms with Crippen LogP contribution in [0.4, 0.5) is 0 Å². The fourth-order valence-corrected chi connectivity index (χ4v) is 2.98. The van der Waals surface area contributed by atoms with Crippen LogP contribution in [0.1, 0.15) is 96.8 Å². The molecule has 0 aromatic carbocycles. The predicted octanol–water partition coefficient (Wildman–Crippen LogP) is 5.23. The van der Waals surface area contributed by atoms with Crippen molar-refractivity contribution < 1.29 is 9.84 Å². The van der Waals surface area contributed by atoms with E-state index in [1.165, 1.54) is 83.5 Å². The molecule has 0 spiro atoms. The molecule has 2 nitrogen and oxygen atoms in total. The average Bonchev–Trinajstić information content (AvgIpc) is 3.20. The van der Waals surface area contributed by atoms with E-state index >= 15 is 0 Å². The molecule has 1 fully saturated rings. The van der Waals surface area contributed by atoms with Gasteiger partial charge in [0.1, 0.15) is 0 Å². The standard InChI is InChI=1S/C18H36O2/c1-2-3-4-5-8-11-14-17-18(20-17)15-12-9-6-7-10-13-16-19/h17-19H,2-16H2,1H3/t17-,18-/m1/s1. The molecule has 0 saturated carbocycles. The average molecular weight is 284 g/mol. The zero-order valence-corrected chi connectivity index (χ0v) is 13.6. The van der Waals surface area contributed by atoms with Crippen LogP contribution in [0.25, 0.3) is 0 Å². The van der Waals surface area contributed by atoms with Crippen molar-refractivity contribution in [2.45, 2.75) is 109 Å². The Morgan fingerprint density at radius 2 is 1.10 bits per heavy atom. The van der Waals surface area contributed by atoms with Gasteiger partial charge in [0.05, 0.1) is 12.2 Å². The molecule has 0 aromatic rings. The molecule has 1 aliphatic heterocycles. The molecule has 0 bridgehead atoms. The number of ether oxygens (including phenoxy) is 1. The Hall–Kier alpha value is -0.0800. The minimum absolute atomic E-state index is 0.357. The Morgan fingerprint density at radius 1 is 0.650 bits per heavy atom. The van der Waals surface area contributed by atoms with Crippen molar-refractivity contribution in [3.05, 3.63) is 0 Å². The Labute approximate surface area is 126 Å². The normalized spacial score (nSPS) is 21.3. The minimum Gasteiger partial charge on any atom is -0.396 e. The third-order valence-corrected chi connectivity index (χ3v) is 4.43. The minimum atomic E-state index is 0.357. The second-order valence-electron chi connectivity index (χ2n) is 6.40. The van der Waals surface area contributed by atoms with Crippen LogP contribution < -0.4 is 0 Å². The summed E-state index contributed by atoms with van der Waals surface area (Å²) in [4.78, 5) is 0. The molecule has 1 saturated heterocycles. The summed E-state index contributed by atoms with van der Waals surface area (Å²) in [6.07, 6.45) is 19.6. The number of aliphatic hydroxyl groups excluding tert-OH is 1. The summed E-state index contributed by atoms with van der Waals surface area (Å²) in [6.45, 7) is 2.63. The van der Waals surface area contributed by atoms with E-state index in [0.717, 1.165) is 6.42 Å². The second kappa shape index (κ2) is 12.6. The molecule has 120 valence electrons. The van der Waals surface area contributed by atoms with Crippen LogP contribution in [0.3, 0.4) is 0 Å². The van der Waals surface area contributed by atoms with Gasteiger partial charge in [-0.05, 0) is 19.3 Å². The third-order valence-electron chi connectivity index (χ3n) is 4.43. The van der Waals surface area contributed by atoms with Crippen molar-refractivity contribution in [1.29, 1.82) is 0 Å². The maximum absolute atomic E-state index is 8.69. The summed E-state index contributed by atoms with van der Waals surface area (Å²) in [7, 11) is 0. The Balaban J connectivity index is 1.75. The third kappa shape index (κ3) is 9.77. The SMILES string of the molecule is CCCCCCCC[C@H]1O[C@@H]1CCCCCCCCO. The first kappa shape index (κ1) is 18.0. The highest BCUT2D eigenvalue weighted by Crippen LogP contribution is 2.31. The largest absolute Gasteiger partial charge is 0.396 e. The van der Waals surface area contributed by atoms with Crippen LogP contribution in [0.2, 0.25) is 0 Å². The van der Waals surface area contributed by atoms with Crippen LogP contribution in [-0.2, 0) is 4.74 Å². The van der Waals surface area contributed by atoms with Gasteiger partial charge >= 0.3 is 0 Å². The lowest BCUT2D eigenvalue weighted by molar-refractivity contribution is 0.282. The van der Waals surface area contributed by atoms with Gasteiger partial charge in [0.15, 0.2) is 0 Å². The molecule has 2 heteroatoms. The summed E-state index contributed by atoms with van der Waals surface area (Å²) in [6, 6.07) is 0. The first-order valence-electron chi connectivity index (χ1n) is 9.14. The fourth-order valence-electron chi connectivity index (χ4n) is 2.98. The van der Waals surface area contributed by atoms with E-state index in [1.807, 2.05) is 0 Å². The lowest BCUT2D eigenvalue weighted by Gasteiger charge is -2.00.